The van der Waals surface area contributed by atoms with E-state index in [2.05, 4.69) is 41.6 Å². The third kappa shape index (κ3) is 9.43. The maximum absolute atomic E-state index is 5.90. The van der Waals surface area contributed by atoms with Gasteiger partial charge in [0.05, 0.1) is 13.2 Å². The van der Waals surface area contributed by atoms with Crippen LogP contribution in [0.3, 0.4) is 0 Å². The molecule has 7 heteroatoms. The van der Waals surface area contributed by atoms with Gasteiger partial charge in [0.2, 0.25) is 0 Å². The van der Waals surface area contributed by atoms with Gasteiger partial charge in [0.1, 0.15) is 5.75 Å². The highest BCUT2D eigenvalue weighted by Crippen LogP contribution is 2.19. The quantitative estimate of drug-likeness (QED) is 0.221. The fourth-order valence-electron chi connectivity index (χ4n) is 3.11. The molecule has 1 aliphatic heterocycles. The summed E-state index contributed by atoms with van der Waals surface area (Å²) in [5.41, 5.74) is 2.46. The van der Waals surface area contributed by atoms with E-state index in [9.17, 15) is 0 Å². The topological polar surface area (TPSA) is 64.1 Å². The van der Waals surface area contributed by atoms with E-state index in [1.807, 2.05) is 6.07 Å². The highest BCUT2D eigenvalue weighted by molar-refractivity contribution is 14.0. The van der Waals surface area contributed by atoms with Crippen molar-refractivity contribution in [3.8, 4) is 5.75 Å². The number of guanidine groups is 1. The second-order valence-electron chi connectivity index (χ2n) is 6.79. The molecule has 0 radical (unpaired) electrons. The Labute approximate surface area is 186 Å². The number of ether oxygens (including phenoxy) is 3. The Bertz CT molecular complexity index is 578. The molecule has 28 heavy (non-hydrogen) atoms. The molecule has 0 bridgehead atoms. The monoisotopic (exact) mass is 505 g/mol. The number of nitrogens with zero attached hydrogens (tertiary/aromatic N) is 1. The van der Waals surface area contributed by atoms with Gasteiger partial charge in [-0.15, -0.1) is 24.0 Å². The lowest BCUT2D eigenvalue weighted by Crippen LogP contribution is -2.38. The second kappa shape index (κ2) is 14.9. The second-order valence-corrected chi connectivity index (χ2v) is 6.79. The molecule has 0 aromatic heterocycles. The van der Waals surface area contributed by atoms with Crippen molar-refractivity contribution >= 4 is 29.9 Å². The summed E-state index contributed by atoms with van der Waals surface area (Å²) in [6, 6.07) is 6.28. The molecule has 0 saturated carbocycles. The Hall–Kier alpha value is -1.06. The molecule has 1 saturated heterocycles. The van der Waals surface area contributed by atoms with Crippen molar-refractivity contribution in [2.75, 3.05) is 46.6 Å². The molecule has 0 unspecified atom stereocenters. The third-order valence-corrected chi connectivity index (χ3v) is 4.56. The summed E-state index contributed by atoms with van der Waals surface area (Å²) in [5, 5.41) is 6.71. The van der Waals surface area contributed by atoms with Gasteiger partial charge in [-0.1, -0.05) is 17.7 Å². The van der Waals surface area contributed by atoms with E-state index in [1.165, 1.54) is 11.1 Å². The summed E-state index contributed by atoms with van der Waals surface area (Å²) < 4.78 is 16.7. The number of methoxy groups -OCH3 is 1. The Morgan fingerprint density at radius 2 is 2.04 bits per heavy atom. The number of aryl methyl sites for hydroxylation is 1. The largest absolute Gasteiger partial charge is 0.496 e. The van der Waals surface area contributed by atoms with Crippen LogP contribution >= 0.6 is 24.0 Å². The van der Waals surface area contributed by atoms with Gasteiger partial charge in [-0.25, -0.2) is 0 Å². The number of rotatable bonds is 10. The SMILES string of the molecule is CCNC(=NCCCOC1CCOCC1)NCCc1cc(C)ccc1OC.I. The highest BCUT2D eigenvalue weighted by Gasteiger charge is 2.13. The Balaban J connectivity index is 0.00000392. The molecule has 1 fully saturated rings. The lowest BCUT2D eigenvalue weighted by molar-refractivity contribution is -0.0318. The van der Waals surface area contributed by atoms with E-state index in [4.69, 9.17) is 14.2 Å². The predicted molar refractivity (Wildman–Crippen MR) is 125 cm³/mol. The summed E-state index contributed by atoms with van der Waals surface area (Å²) in [6.45, 7) is 8.99. The number of benzene rings is 1. The molecule has 160 valence electrons. The minimum atomic E-state index is 0. The van der Waals surface area contributed by atoms with Crippen LogP contribution in [0.25, 0.3) is 0 Å². The number of nitrogens with one attached hydrogen (secondary N) is 2. The first kappa shape index (κ1) is 25.0. The van der Waals surface area contributed by atoms with E-state index in [0.717, 1.165) is 76.8 Å². The molecule has 2 N–H and O–H groups in total. The van der Waals surface area contributed by atoms with Crippen molar-refractivity contribution in [3.05, 3.63) is 29.3 Å². The normalized spacial score (nSPS) is 15.0. The van der Waals surface area contributed by atoms with Crippen molar-refractivity contribution in [3.63, 3.8) is 0 Å². The summed E-state index contributed by atoms with van der Waals surface area (Å²) in [7, 11) is 1.72. The van der Waals surface area contributed by atoms with E-state index >= 15 is 0 Å². The first-order valence-corrected chi connectivity index (χ1v) is 10.1. The highest BCUT2D eigenvalue weighted by atomic mass is 127. The molecular weight excluding hydrogens is 469 g/mol. The van der Waals surface area contributed by atoms with Crippen LogP contribution in [0.5, 0.6) is 5.75 Å². The summed E-state index contributed by atoms with van der Waals surface area (Å²) in [6.07, 6.45) is 4.20. The predicted octanol–water partition coefficient (Wildman–Crippen LogP) is 3.30. The van der Waals surface area contributed by atoms with Crippen molar-refractivity contribution in [2.45, 2.75) is 45.6 Å². The Morgan fingerprint density at radius 1 is 1.25 bits per heavy atom. The number of hydrogen-bond donors (Lipinski definition) is 2. The Kier molecular flexibility index (Phi) is 13.3. The standard InChI is InChI=1S/C21H35N3O3.HI/c1-4-22-21(23-11-5-13-27-19-9-14-26-15-10-19)24-12-8-18-16-17(2)6-7-20(18)25-3;/h6-7,16,19H,4-5,8-15H2,1-3H3,(H2,22,23,24);1H. The minimum absolute atomic E-state index is 0. The average Bonchev–Trinajstić information content (AvgIpc) is 2.68. The minimum Gasteiger partial charge on any atom is -0.496 e. The molecule has 1 aromatic carbocycles. The van der Waals surface area contributed by atoms with Crippen LogP contribution in [-0.2, 0) is 15.9 Å². The summed E-state index contributed by atoms with van der Waals surface area (Å²) in [4.78, 5) is 4.65. The molecule has 0 atom stereocenters. The molecule has 6 nitrogen and oxygen atoms in total. The first-order chi connectivity index (χ1) is 13.2. The van der Waals surface area contributed by atoms with Crippen LogP contribution in [0, 0.1) is 6.92 Å². The average molecular weight is 505 g/mol. The van der Waals surface area contributed by atoms with Crippen LogP contribution < -0.4 is 15.4 Å². The zero-order valence-electron chi connectivity index (χ0n) is 17.5. The number of aliphatic imine (C=N–C) groups is 1. The van der Waals surface area contributed by atoms with Gasteiger partial charge in [-0.2, -0.15) is 0 Å². The van der Waals surface area contributed by atoms with Crippen LogP contribution in [-0.4, -0.2) is 58.6 Å². The van der Waals surface area contributed by atoms with Crippen LogP contribution in [0.4, 0.5) is 0 Å². The Morgan fingerprint density at radius 3 is 2.75 bits per heavy atom. The fraction of sp³-hybridized carbons (Fsp3) is 0.667. The maximum Gasteiger partial charge on any atom is 0.191 e. The van der Waals surface area contributed by atoms with Crippen LogP contribution in [0.15, 0.2) is 23.2 Å². The van der Waals surface area contributed by atoms with Crippen molar-refractivity contribution in [1.82, 2.24) is 10.6 Å². The summed E-state index contributed by atoms with van der Waals surface area (Å²) >= 11 is 0. The zero-order valence-corrected chi connectivity index (χ0v) is 19.8. The number of halogens is 1. The van der Waals surface area contributed by atoms with Crippen LogP contribution in [0.1, 0.15) is 37.3 Å². The molecule has 0 amide bonds. The van der Waals surface area contributed by atoms with E-state index in [-0.39, 0.29) is 24.0 Å². The molecule has 0 aliphatic carbocycles. The van der Waals surface area contributed by atoms with Gasteiger partial charge >= 0.3 is 0 Å². The van der Waals surface area contributed by atoms with E-state index in [0.29, 0.717) is 6.10 Å². The first-order valence-electron chi connectivity index (χ1n) is 10.1. The fourth-order valence-corrected chi connectivity index (χ4v) is 3.11. The molecule has 1 aliphatic rings. The lowest BCUT2D eigenvalue weighted by atomic mass is 10.1. The van der Waals surface area contributed by atoms with Gasteiger partial charge in [-0.05, 0) is 51.2 Å². The van der Waals surface area contributed by atoms with Crippen molar-refractivity contribution in [2.24, 2.45) is 4.99 Å². The van der Waals surface area contributed by atoms with Gasteiger partial charge in [0.15, 0.2) is 5.96 Å². The molecule has 2 rings (SSSR count). The number of hydrogen-bond acceptors (Lipinski definition) is 4. The van der Waals surface area contributed by atoms with Crippen molar-refractivity contribution < 1.29 is 14.2 Å². The summed E-state index contributed by atoms with van der Waals surface area (Å²) in [5.74, 6) is 1.80. The van der Waals surface area contributed by atoms with Gasteiger partial charge in [-0.3, -0.25) is 4.99 Å². The molecule has 1 heterocycles. The lowest BCUT2D eigenvalue weighted by Gasteiger charge is -2.22. The van der Waals surface area contributed by atoms with E-state index < -0.39 is 0 Å². The van der Waals surface area contributed by atoms with Gasteiger partial charge < -0.3 is 24.8 Å². The third-order valence-electron chi connectivity index (χ3n) is 4.56. The molecule has 0 spiro atoms. The zero-order chi connectivity index (χ0) is 19.3. The smallest absolute Gasteiger partial charge is 0.191 e. The van der Waals surface area contributed by atoms with Gasteiger partial charge in [0.25, 0.3) is 0 Å². The van der Waals surface area contributed by atoms with E-state index in [1.54, 1.807) is 7.11 Å². The van der Waals surface area contributed by atoms with Crippen molar-refractivity contribution in [1.29, 1.82) is 0 Å². The molecular formula is C21H36IN3O3. The van der Waals surface area contributed by atoms with Crippen LogP contribution in [0.2, 0.25) is 0 Å². The molecule has 1 aromatic rings. The maximum atomic E-state index is 5.90. The van der Waals surface area contributed by atoms with Gasteiger partial charge in [0, 0.05) is 39.5 Å².